The van der Waals surface area contributed by atoms with Crippen molar-refractivity contribution in [3.63, 3.8) is 0 Å². The molecule has 4 aromatic rings. The van der Waals surface area contributed by atoms with E-state index in [0.717, 1.165) is 77.0 Å². The van der Waals surface area contributed by atoms with E-state index < -0.39 is 0 Å². The number of benzene rings is 3. The highest BCUT2D eigenvalue weighted by atomic mass is 16.5. The summed E-state index contributed by atoms with van der Waals surface area (Å²) in [5.41, 5.74) is 17.3. The molecule has 9 unspecified atom stereocenters. The van der Waals surface area contributed by atoms with Gasteiger partial charge >= 0.3 is 0 Å². The van der Waals surface area contributed by atoms with Gasteiger partial charge in [-0.1, -0.05) is 123 Å². The van der Waals surface area contributed by atoms with E-state index >= 15 is 0 Å². The van der Waals surface area contributed by atoms with Gasteiger partial charge in [-0.05, 0) is 161 Å². The number of ether oxygens (including phenoxy) is 1. The minimum atomic E-state index is 0.226. The number of allylic oxidation sites excluding steroid dienone is 15. The Hall–Kier alpha value is -6.20. The number of nitrogens with zero attached hydrogens (tertiary/aromatic N) is 4. The Morgan fingerprint density at radius 3 is 2.39 bits per heavy atom. The number of hydrogen-bond acceptors (Lipinski definition) is 4. The summed E-state index contributed by atoms with van der Waals surface area (Å²) in [6.45, 7) is 4.93. The van der Waals surface area contributed by atoms with E-state index in [-0.39, 0.29) is 6.10 Å². The maximum Gasteiger partial charge on any atom is 0.109 e. The number of aromatic nitrogens is 1. The van der Waals surface area contributed by atoms with Gasteiger partial charge in [-0.2, -0.15) is 0 Å². The monoisotopic (exact) mass is 935 g/mol. The first-order valence-corrected chi connectivity index (χ1v) is 27.8. The van der Waals surface area contributed by atoms with Crippen LogP contribution in [-0.2, 0) is 4.74 Å². The summed E-state index contributed by atoms with van der Waals surface area (Å²) < 4.78 is 9.82. The van der Waals surface area contributed by atoms with E-state index in [1.54, 1.807) is 11.1 Å². The van der Waals surface area contributed by atoms with Crippen LogP contribution in [0.2, 0.25) is 0 Å². The van der Waals surface area contributed by atoms with E-state index in [2.05, 4.69) is 185 Å². The van der Waals surface area contributed by atoms with Crippen molar-refractivity contribution in [3.05, 3.63) is 191 Å². The Kier molecular flexibility index (Phi) is 10.9. The molecule has 71 heavy (non-hydrogen) atoms. The molecule has 14 rings (SSSR count). The average Bonchev–Trinajstić information content (AvgIpc) is 4.06. The third-order valence-electron chi connectivity index (χ3n) is 18.5. The number of rotatable bonds is 8. The fourth-order valence-electron chi connectivity index (χ4n) is 15.1. The topological polar surface area (TPSA) is 23.9 Å². The maximum atomic E-state index is 7.33. The van der Waals surface area contributed by atoms with Gasteiger partial charge in [-0.25, -0.2) is 0 Å². The molecule has 0 saturated heterocycles. The van der Waals surface area contributed by atoms with Gasteiger partial charge in [0, 0.05) is 86.9 Å². The first-order chi connectivity index (χ1) is 35.0. The summed E-state index contributed by atoms with van der Waals surface area (Å²) in [5, 5.41) is 2.69. The molecule has 0 spiro atoms. The third kappa shape index (κ3) is 7.37. The molecule has 0 bridgehead atoms. The second-order valence-electron chi connectivity index (χ2n) is 22.6. The fourth-order valence-corrected chi connectivity index (χ4v) is 15.1. The lowest BCUT2D eigenvalue weighted by atomic mass is 9.72. The maximum absolute atomic E-state index is 7.33. The Labute approximate surface area is 422 Å². The molecule has 10 aliphatic rings. The van der Waals surface area contributed by atoms with Crippen LogP contribution in [0, 0.1) is 23.7 Å². The van der Waals surface area contributed by atoms with Crippen molar-refractivity contribution in [1.29, 1.82) is 0 Å². The molecule has 5 heteroatoms. The average molecular weight is 935 g/mol. The van der Waals surface area contributed by atoms with E-state index in [0.29, 0.717) is 47.8 Å². The Morgan fingerprint density at radius 1 is 0.704 bits per heavy atom. The summed E-state index contributed by atoms with van der Waals surface area (Å²) in [5.74, 6) is 3.23. The molecule has 0 fully saturated rings. The minimum absolute atomic E-state index is 0.226. The molecule has 2 aliphatic heterocycles. The molecule has 8 aliphatic carbocycles. The van der Waals surface area contributed by atoms with Gasteiger partial charge in [0.2, 0.25) is 0 Å². The lowest BCUT2D eigenvalue weighted by molar-refractivity contribution is 0.0828. The Bertz CT molecular complexity index is 3170. The van der Waals surface area contributed by atoms with Crippen LogP contribution in [-0.4, -0.2) is 39.7 Å². The zero-order valence-corrected chi connectivity index (χ0v) is 41.9. The van der Waals surface area contributed by atoms with Crippen molar-refractivity contribution in [1.82, 2.24) is 9.47 Å². The van der Waals surface area contributed by atoms with Crippen LogP contribution in [0.1, 0.15) is 116 Å². The van der Waals surface area contributed by atoms with Gasteiger partial charge in [0.25, 0.3) is 0 Å². The fraction of sp³-hybridized carbons (Fsp3) is 0.394. The van der Waals surface area contributed by atoms with Crippen molar-refractivity contribution in [2.75, 3.05) is 9.80 Å². The number of anilines is 2. The van der Waals surface area contributed by atoms with Gasteiger partial charge in [-0.3, -0.25) is 0 Å². The van der Waals surface area contributed by atoms with Crippen molar-refractivity contribution in [2.45, 2.75) is 140 Å². The quantitative estimate of drug-likeness (QED) is 0.164. The molecule has 0 N–H and O–H groups in total. The summed E-state index contributed by atoms with van der Waals surface area (Å²) >= 11 is 0. The number of para-hydroxylation sites is 2. The molecule has 360 valence electrons. The lowest BCUT2D eigenvalue weighted by Crippen LogP contribution is -2.47. The van der Waals surface area contributed by atoms with E-state index in [1.165, 1.54) is 92.1 Å². The van der Waals surface area contributed by atoms with Gasteiger partial charge in [-0.15, -0.1) is 0 Å². The van der Waals surface area contributed by atoms with E-state index in [9.17, 15) is 0 Å². The predicted molar refractivity (Wildman–Crippen MR) is 295 cm³/mol. The van der Waals surface area contributed by atoms with Gasteiger partial charge < -0.3 is 24.0 Å². The van der Waals surface area contributed by atoms with Gasteiger partial charge in [0.1, 0.15) is 6.10 Å². The second kappa shape index (κ2) is 17.8. The SMILES string of the molecule is CC1CC=CC=C1N(C1C=C2c3ccccc3N(C3=CCCC=C3)C2CC1)C1CCC2=C(C1)OC1CC3C=C(N(c4ccc5c(c4)c4ccccc4n5C4=CCCC=C4)C4CC=CCC4C)CCC3=CC21. The molecule has 5 nitrogen and oxygen atoms in total. The van der Waals surface area contributed by atoms with Crippen LogP contribution in [0.4, 0.5) is 11.4 Å². The largest absolute Gasteiger partial charge is 0.494 e. The van der Waals surface area contributed by atoms with Crippen molar-refractivity contribution >= 4 is 44.5 Å². The summed E-state index contributed by atoms with van der Waals surface area (Å²) in [6.07, 6.45) is 51.4. The van der Waals surface area contributed by atoms with Crippen molar-refractivity contribution in [2.24, 2.45) is 23.7 Å². The normalized spacial score (nSPS) is 30.6. The van der Waals surface area contributed by atoms with E-state index in [1.807, 2.05) is 0 Å². The molecular formula is C66H70N4O. The predicted octanol–water partition coefficient (Wildman–Crippen LogP) is 16.0. The molecule has 3 aromatic carbocycles. The van der Waals surface area contributed by atoms with Crippen LogP contribution in [0.3, 0.4) is 0 Å². The van der Waals surface area contributed by atoms with Gasteiger partial charge in [0.05, 0.1) is 22.8 Å². The molecule has 3 heterocycles. The first-order valence-electron chi connectivity index (χ1n) is 27.8. The highest BCUT2D eigenvalue weighted by Crippen LogP contribution is 2.53. The van der Waals surface area contributed by atoms with Crippen molar-refractivity contribution < 1.29 is 4.74 Å². The summed E-state index contributed by atoms with van der Waals surface area (Å²) in [4.78, 5) is 8.38. The zero-order valence-electron chi connectivity index (χ0n) is 41.9. The smallest absolute Gasteiger partial charge is 0.109 e. The van der Waals surface area contributed by atoms with Crippen LogP contribution >= 0.6 is 0 Å². The minimum Gasteiger partial charge on any atom is -0.494 e. The van der Waals surface area contributed by atoms with E-state index in [4.69, 9.17) is 4.74 Å². The van der Waals surface area contributed by atoms with Crippen LogP contribution in [0.25, 0.3) is 33.1 Å². The molecule has 1 aromatic heterocycles. The molecule has 9 atom stereocenters. The van der Waals surface area contributed by atoms with Crippen LogP contribution in [0.5, 0.6) is 0 Å². The summed E-state index contributed by atoms with van der Waals surface area (Å²) in [6, 6.07) is 27.3. The first kappa shape index (κ1) is 43.6. The number of hydrogen-bond donors (Lipinski definition) is 0. The molecule has 0 radical (unpaired) electrons. The molecule has 0 amide bonds. The highest BCUT2D eigenvalue weighted by molar-refractivity contribution is 6.11. The summed E-state index contributed by atoms with van der Waals surface area (Å²) in [7, 11) is 0. The zero-order chi connectivity index (χ0) is 47.2. The number of fused-ring (bicyclic) bond motifs is 9. The molecular weight excluding hydrogens is 865 g/mol. The van der Waals surface area contributed by atoms with Crippen molar-refractivity contribution in [3.8, 4) is 0 Å². The lowest BCUT2D eigenvalue weighted by Gasteiger charge is -2.46. The highest BCUT2D eigenvalue weighted by Gasteiger charge is 2.47. The second-order valence-corrected chi connectivity index (χ2v) is 22.6. The Morgan fingerprint density at radius 2 is 1.54 bits per heavy atom. The van der Waals surface area contributed by atoms with Crippen LogP contribution in [0.15, 0.2) is 186 Å². The third-order valence-corrected chi connectivity index (χ3v) is 18.5. The Balaban J connectivity index is 0.751. The standard InChI is InChI=1S/C66H70N4O/c1-43-17-9-13-25-59(43)67(50-32-35-63-56(40-50)53-23-11-15-27-61(53)69(63)47-19-5-3-6-20-47)49-30-29-45-38-58-55-34-31-52(42-66(55)71-65(58)39-46(45)37-49)68(60-26-14-10-18-44(60)2)51-33-36-64-57(41-51)54-24-12-16-28-62(54)70(64)48-21-7-4-8-22-48/h5,7,9-16,19-24,26-28,32,35,37-38,40-41,43-44,46,51-52,58-59,64-65H,3-4,6,8,17-18,25,29-31,33-34,36,39,42H2,1-2H3. The van der Waals surface area contributed by atoms with Crippen LogP contribution < -0.4 is 9.80 Å². The van der Waals surface area contributed by atoms with Gasteiger partial charge in [0.15, 0.2) is 0 Å². The molecule has 0 saturated carbocycles.